The van der Waals surface area contributed by atoms with Crippen molar-refractivity contribution in [3.05, 3.63) is 58.4 Å². The Labute approximate surface area is 187 Å². The van der Waals surface area contributed by atoms with Gasteiger partial charge in [0.05, 0.1) is 5.57 Å². The average molecular weight is 448 g/mol. The van der Waals surface area contributed by atoms with Crippen molar-refractivity contribution in [1.29, 1.82) is 0 Å². The number of hydrogen-bond donors (Lipinski definition) is 2. The van der Waals surface area contributed by atoms with Crippen LogP contribution < -0.4 is 15.9 Å². The maximum Gasteiger partial charge on any atom is 0.419 e. The van der Waals surface area contributed by atoms with Crippen molar-refractivity contribution in [2.24, 2.45) is 15.0 Å². The second kappa shape index (κ2) is 12.8. The lowest BCUT2D eigenvalue weighted by Crippen LogP contribution is -2.27. The van der Waals surface area contributed by atoms with Crippen LogP contribution in [-0.4, -0.2) is 57.0 Å². The molecular weight excluding hydrogens is 415 g/mol. The number of likely N-dealkylation sites (N-methyl/N-ethyl adjacent to an activating group) is 1. The summed E-state index contributed by atoms with van der Waals surface area (Å²) in [6.45, 7) is 13.7. The zero-order valence-electron chi connectivity index (χ0n) is 19.4. The van der Waals surface area contributed by atoms with E-state index in [0.717, 1.165) is 44.8 Å². The molecule has 0 aliphatic rings. The van der Waals surface area contributed by atoms with Crippen LogP contribution in [-0.2, 0) is 0 Å². The first-order valence-corrected chi connectivity index (χ1v) is 10.1. The molecule has 5 nitrogen and oxygen atoms in total. The number of H-pyrrole nitrogens is 1. The van der Waals surface area contributed by atoms with Gasteiger partial charge in [-0.25, -0.2) is 0 Å². The number of aliphatic imine (C=N–C) groups is 3. The maximum absolute atomic E-state index is 12.9. The molecule has 1 heterocycles. The topological polar surface area (TPSA) is 64.9 Å². The molecule has 0 bridgehead atoms. The average Bonchev–Trinajstić information content (AvgIpc) is 3.24. The smallest absolute Gasteiger partial charge is 0.361 e. The highest BCUT2D eigenvalue weighted by Gasteiger charge is 2.32. The number of halogens is 3. The van der Waals surface area contributed by atoms with Gasteiger partial charge in [-0.3, -0.25) is 15.0 Å². The molecule has 0 radical (unpaired) electrons. The van der Waals surface area contributed by atoms with Crippen LogP contribution in [0, 0.1) is 0 Å². The number of aromatic amines is 1. The van der Waals surface area contributed by atoms with E-state index in [1.165, 1.54) is 0 Å². The molecule has 2 N–H and O–H groups in total. The molecule has 0 spiro atoms. The standard InChI is InChI=1S/C24H32F3N5/c1-8-16(2)23-20(9-12-32-23)17(3)18(4)21(15-29-6)22(30-7)10-11-31-14-19(13-28-5)24(25,26)27/h8-9,12-14,29,32H,1,5,10-11,15H2,2-4,6-7H3/b19-13+,20-17+,21-18+,23-16+,30-22-,31-14-. The molecule has 1 aromatic rings. The van der Waals surface area contributed by atoms with E-state index in [2.05, 4.69) is 38.6 Å². The molecule has 174 valence electrons. The summed E-state index contributed by atoms with van der Waals surface area (Å²) in [4.78, 5) is 14.8. The first kappa shape index (κ1) is 27.0. The molecule has 0 atom stereocenters. The van der Waals surface area contributed by atoms with E-state index in [9.17, 15) is 13.2 Å². The van der Waals surface area contributed by atoms with E-state index in [1.54, 1.807) is 13.1 Å². The van der Waals surface area contributed by atoms with Gasteiger partial charge in [0.1, 0.15) is 0 Å². The first-order valence-electron chi connectivity index (χ1n) is 10.1. The van der Waals surface area contributed by atoms with Gasteiger partial charge in [-0.15, -0.1) is 0 Å². The number of nitrogens with one attached hydrogen (secondary N) is 2. The van der Waals surface area contributed by atoms with E-state index < -0.39 is 11.7 Å². The minimum absolute atomic E-state index is 0.162. The Morgan fingerprint density at radius 1 is 1.25 bits per heavy atom. The van der Waals surface area contributed by atoms with Crippen LogP contribution in [0.15, 0.2) is 62.8 Å². The quantitative estimate of drug-likeness (QED) is 0.527. The number of allylic oxidation sites excluding steroid dienone is 3. The molecule has 1 rings (SSSR count). The summed E-state index contributed by atoms with van der Waals surface area (Å²) in [7, 11) is 3.52. The van der Waals surface area contributed by atoms with Crippen molar-refractivity contribution in [3.63, 3.8) is 0 Å². The Morgan fingerprint density at radius 3 is 2.47 bits per heavy atom. The van der Waals surface area contributed by atoms with Gasteiger partial charge in [-0.2, -0.15) is 13.2 Å². The molecule has 0 fully saturated rings. The monoisotopic (exact) mass is 447 g/mol. The maximum atomic E-state index is 12.9. The highest BCUT2D eigenvalue weighted by molar-refractivity contribution is 6.03. The minimum Gasteiger partial charge on any atom is -0.361 e. The van der Waals surface area contributed by atoms with Crippen molar-refractivity contribution >= 4 is 29.8 Å². The summed E-state index contributed by atoms with van der Waals surface area (Å²) >= 11 is 0. The number of rotatable bonds is 10. The predicted molar refractivity (Wildman–Crippen MR) is 130 cm³/mol. The number of aromatic nitrogens is 1. The SMILES string of the molecule is C=C/C(C)=c1/[nH]cc/c1=C(C)\C(C)=C(CNC)\C(CC/N=C\C(=C/N=C)C(F)(F)F)=N/C. The lowest BCUT2D eigenvalue weighted by Gasteiger charge is -2.15. The highest BCUT2D eigenvalue weighted by atomic mass is 19.4. The molecule has 32 heavy (non-hydrogen) atoms. The van der Waals surface area contributed by atoms with Gasteiger partial charge in [-0.05, 0) is 62.9 Å². The Kier molecular flexibility index (Phi) is 10.8. The lowest BCUT2D eigenvalue weighted by molar-refractivity contribution is -0.0857. The van der Waals surface area contributed by atoms with Crippen LogP contribution in [0.4, 0.5) is 13.2 Å². The van der Waals surface area contributed by atoms with Gasteiger partial charge in [0.15, 0.2) is 0 Å². The van der Waals surface area contributed by atoms with Crippen LogP contribution >= 0.6 is 0 Å². The summed E-state index contributed by atoms with van der Waals surface area (Å²) in [6.07, 6.45) is 1.01. The molecule has 1 aromatic heterocycles. The molecule has 0 aromatic carbocycles. The zero-order chi connectivity index (χ0) is 24.3. The van der Waals surface area contributed by atoms with Crippen molar-refractivity contribution in [2.75, 3.05) is 27.2 Å². The lowest BCUT2D eigenvalue weighted by atomic mass is 9.95. The summed E-state index contributed by atoms with van der Waals surface area (Å²) in [6, 6.07) is 2.02. The largest absolute Gasteiger partial charge is 0.419 e. The number of alkyl halides is 3. The molecule has 8 heteroatoms. The van der Waals surface area contributed by atoms with Crippen LogP contribution in [0.1, 0.15) is 27.2 Å². The molecular formula is C24H32F3N5. The fraction of sp³-hybridized carbons (Fsp3) is 0.375. The summed E-state index contributed by atoms with van der Waals surface area (Å²) < 4.78 is 38.8. The molecule has 0 amide bonds. The van der Waals surface area contributed by atoms with Crippen molar-refractivity contribution < 1.29 is 13.2 Å². The second-order valence-electron chi connectivity index (χ2n) is 7.13. The third-order valence-electron chi connectivity index (χ3n) is 5.10. The van der Waals surface area contributed by atoms with Crippen molar-refractivity contribution in [1.82, 2.24) is 10.3 Å². The van der Waals surface area contributed by atoms with Gasteiger partial charge in [0.2, 0.25) is 0 Å². The van der Waals surface area contributed by atoms with Crippen molar-refractivity contribution in [3.8, 4) is 0 Å². The Bertz CT molecular complexity index is 1050. The van der Waals surface area contributed by atoms with Gasteiger partial charge < -0.3 is 10.3 Å². The van der Waals surface area contributed by atoms with Crippen LogP contribution in [0.25, 0.3) is 11.1 Å². The van der Waals surface area contributed by atoms with E-state index in [4.69, 9.17) is 0 Å². The fourth-order valence-electron chi connectivity index (χ4n) is 3.18. The summed E-state index contributed by atoms with van der Waals surface area (Å²) in [5, 5.41) is 5.23. The Morgan fingerprint density at radius 2 is 1.94 bits per heavy atom. The van der Waals surface area contributed by atoms with Gasteiger partial charge >= 0.3 is 6.18 Å². The van der Waals surface area contributed by atoms with E-state index in [1.807, 2.05) is 40.1 Å². The molecule has 0 aliphatic heterocycles. The van der Waals surface area contributed by atoms with Crippen molar-refractivity contribution in [2.45, 2.75) is 33.4 Å². The first-order chi connectivity index (χ1) is 15.1. The third kappa shape index (κ3) is 7.30. The molecule has 0 unspecified atom stereocenters. The number of hydrogen-bond acceptors (Lipinski definition) is 4. The second-order valence-corrected chi connectivity index (χ2v) is 7.13. The highest BCUT2D eigenvalue weighted by Crippen LogP contribution is 2.24. The summed E-state index contributed by atoms with van der Waals surface area (Å²) in [5.74, 6) is 0. The van der Waals surface area contributed by atoms with Crippen LogP contribution in [0.3, 0.4) is 0 Å². The number of nitrogens with zero attached hydrogens (tertiary/aromatic N) is 3. The van der Waals surface area contributed by atoms with E-state index in [0.29, 0.717) is 19.2 Å². The van der Waals surface area contributed by atoms with E-state index >= 15 is 0 Å². The zero-order valence-corrected chi connectivity index (χ0v) is 19.4. The minimum atomic E-state index is -4.53. The van der Waals surface area contributed by atoms with Gasteiger partial charge in [0.25, 0.3) is 0 Å². The van der Waals surface area contributed by atoms with Gasteiger partial charge in [0, 0.05) is 61.4 Å². The Hall–Kier alpha value is -3.00. The normalized spacial score (nSPS) is 16.1. The fourth-order valence-corrected chi connectivity index (χ4v) is 3.18. The van der Waals surface area contributed by atoms with Gasteiger partial charge in [-0.1, -0.05) is 12.7 Å². The third-order valence-corrected chi connectivity index (χ3v) is 5.10. The molecule has 0 aliphatic carbocycles. The van der Waals surface area contributed by atoms with Crippen LogP contribution in [0.2, 0.25) is 0 Å². The molecule has 0 saturated carbocycles. The molecule has 0 saturated heterocycles. The summed E-state index contributed by atoms with van der Waals surface area (Å²) in [5.41, 5.74) is 4.00. The predicted octanol–water partition coefficient (Wildman–Crippen LogP) is 3.76. The van der Waals surface area contributed by atoms with E-state index in [-0.39, 0.29) is 6.54 Å². The Balaban J connectivity index is 3.33. The van der Waals surface area contributed by atoms with Crippen LogP contribution in [0.5, 0.6) is 0 Å².